The van der Waals surface area contributed by atoms with Gasteiger partial charge in [0.25, 0.3) is 5.56 Å². The van der Waals surface area contributed by atoms with E-state index < -0.39 is 0 Å². The summed E-state index contributed by atoms with van der Waals surface area (Å²) in [5.74, 6) is 1.89. The maximum Gasteiger partial charge on any atom is 0.283 e. The second-order valence-electron chi connectivity index (χ2n) is 3.61. The fourth-order valence-electron chi connectivity index (χ4n) is 1.34. The molecule has 0 atom stereocenters. The number of anilines is 1. The van der Waals surface area contributed by atoms with Crippen LogP contribution in [0, 0.1) is 0 Å². The van der Waals surface area contributed by atoms with Crippen molar-refractivity contribution in [2.75, 3.05) is 30.0 Å². The number of hydrogen-bond acceptors (Lipinski definition) is 5. The predicted octanol–water partition coefficient (Wildman–Crippen LogP) is 1.55. The summed E-state index contributed by atoms with van der Waals surface area (Å²) >= 11 is 5.06. The Kier molecular flexibility index (Phi) is 7.38. The Labute approximate surface area is 119 Å². The highest BCUT2D eigenvalue weighted by atomic mass is 79.9. The third-order valence-corrected chi connectivity index (χ3v) is 4.13. The van der Waals surface area contributed by atoms with E-state index >= 15 is 0 Å². The van der Waals surface area contributed by atoms with Crippen molar-refractivity contribution in [3.05, 3.63) is 21.0 Å². The number of thioether (sulfide) groups is 1. The standard InChI is InChI=1S/C11H18BrN3O2S/c1-2-15-11(17)10(12)9(8-14-15)13-4-7-18-6-3-5-16/h8,13,16H,2-7H2,1H3. The van der Waals surface area contributed by atoms with E-state index in [1.54, 1.807) is 18.0 Å². The number of aryl methyl sites for hydroxylation is 1. The number of hydrogen-bond donors (Lipinski definition) is 2. The molecule has 0 saturated heterocycles. The van der Waals surface area contributed by atoms with Gasteiger partial charge in [-0.15, -0.1) is 0 Å². The molecule has 7 heteroatoms. The van der Waals surface area contributed by atoms with Gasteiger partial charge in [0.2, 0.25) is 0 Å². The van der Waals surface area contributed by atoms with E-state index in [-0.39, 0.29) is 12.2 Å². The van der Waals surface area contributed by atoms with E-state index in [0.29, 0.717) is 11.0 Å². The highest BCUT2D eigenvalue weighted by molar-refractivity contribution is 9.10. The smallest absolute Gasteiger partial charge is 0.283 e. The van der Waals surface area contributed by atoms with Crippen LogP contribution in [0.15, 0.2) is 15.5 Å². The molecule has 1 rings (SSSR count). The van der Waals surface area contributed by atoms with Crippen molar-refractivity contribution in [2.45, 2.75) is 19.9 Å². The van der Waals surface area contributed by atoms with Gasteiger partial charge >= 0.3 is 0 Å². The Morgan fingerprint density at radius 2 is 2.33 bits per heavy atom. The highest BCUT2D eigenvalue weighted by Crippen LogP contribution is 2.16. The lowest BCUT2D eigenvalue weighted by Crippen LogP contribution is -2.24. The van der Waals surface area contributed by atoms with Crippen molar-refractivity contribution >= 4 is 33.4 Å². The summed E-state index contributed by atoms with van der Waals surface area (Å²) in [6.45, 7) is 3.46. The summed E-state index contributed by atoms with van der Waals surface area (Å²) in [5.41, 5.74) is 0.614. The van der Waals surface area contributed by atoms with Crippen LogP contribution in [-0.4, -0.2) is 39.5 Å². The number of rotatable bonds is 8. The minimum Gasteiger partial charge on any atom is -0.396 e. The van der Waals surface area contributed by atoms with Gasteiger partial charge in [0.15, 0.2) is 0 Å². The molecule has 0 unspecified atom stereocenters. The lowest BCUT2D eigenvalue weighted by Gasteiger charge is -2.09. The zero-order valence-corrected chi connectivity index (χ0v) is 12.8. The molecule has 18 heavy (non-hydrogen) atoms. The second-order valence-corrected chi connectivity index (χ2v) is 5.63. The Morgan fingerprint density at radius 3 is 3.00 bits per heavy atom. The Hall–Kier alpha value is -0.530. The van der Waals surface area contributed by atoms with Gasteiger partial charge in [-0.1, -0.05) is 0 Å². The van der Waals surface area contributed by atoms with E-state index in [9.17, 15) is 4.79 Å². The van der Waals surface area contributed by atoms with E-state index in [1.807, 2.05) is 6.92 Å². The number of aromatic nitrogens is 2. The van der Waals surface area contributed by atoms with Crippen LogP contribution in [0.2, 0.25) is 0 Å². The van der Waals surface area contributed by atoms with Crippen molar-refractivity contribution in [1.29, 1.82) is 0 Å². The fourth-order valence-corrected chi connectivity index (χ4v) is 2.57. The molecule has 0 saturated carbocycles. The fraction of sp³-hybridized carbons (Fsp3) is 0.636. The number of nitrogens with one attached hydrogen (secondary N) is 1. The van der Waals surface area contributed by atoms with Gasteiger partial charge in [-0.2, -0.15) is 16.9 Å². The number of nitrogens with zero attached hydrogens (tertiary/aromatic N) is 2. The molecule has 0 amide bonds. The molecule has 0 aromatic carbocycles. The first kappa shape index (κ1) is 15.5. The topological polar surface area (TPSA) is 67.2 Å². The predicted molar refractivity (Wildman–Crippen MR) is 79.4 cm³/mol. The molecule has 0 spiro atoms. The molecule has 0 aliphatic heterocycles. The van der Waals surface area contributed by atoms with Crippen LogP contribution in [0.3, 0.4) is 0 Å². The average Bonchev–Trinajstić information content (AvgIpc) is 2.38. The minimum atomic E-state index is -0.115. The van der Waals surface area contributed by atoms with Crippen molar-refractivity contribution in [1.82, 2.24) is 9.78 Å². The summed E-state index contributed by atoms with van der Waals surface area (Å²) in [7, 11) is 0. The first-order valence-electron chi connectivity index (χ1n) is 5.88. The molecule has 0 bridgehead atoms. The monoisotopic (exact) mass is 335 g/mol. The molecule has 1 aromatic rings. The molecule has 0 fully saturated rings. The van der Waals surface area contributed by atoms with Gasteiger partial charge in [0.1, 0.15) is 4.47 Å². The molecule has 2 N–H and O–H groups in total. The molecule has 5 nitrogen and oxygen atoms in total. The molecule has 0 aliphatic carbocycles. The van der Waals surface area contributed by atoms with Crippen molar-refractivity contribution in [2.24, 2.45) is 0 Å². The summed E-state index contributed by atoms with van der Waals surface area (Å²) in [5, 5.41) is 15.9. The molecule has 1 heterocycles. The number of aliphatic hydroxyl groups is 1. The van der Waals surface area contributed by atoms with Crippen molar-refractivity contribution in [3.63, 3.8) is 0 Å². The zero-order valence-electron chi connectivity index (χ0n) is 10.4. The second kappa shape index (κ2) is 8.55. The molecule has 1 aromatic heterocycles. The van der Waals surface area contributed by atoms with E-state index in [4.69, 9.17) is 5.11 Å². The summed E-state index contributed by atoms with van der Waals surface area (Å²) < 4.78 is 1.94. The zero-order chi connectivity index (χ0) is 13.4. The van der Waals surface area contributed by atoms with Gasteiger partial charge in [0, 0.05) is 25.4 Å². The molecular formula is C11H18BrN3O2S. The lowest BCUT2D eigenvalue weighted by atomic mass is 10.4. The van der Waals surface area contributed by atoms with Gasteiger partial charge in [0.05, 0.1) is 11.9 Å². The minimum absolute atomic E-state index is 0.115. The SMILES string of the molecule is CCn1ncc(NCCSCCCO)c(Br)c1=O. The Balaban J connectivity index is 2.43. The molecule has 102 valence electrons. The number of aliphatic hydroxyl groups excluding tert-OH is 1. The quantitative estimate of drug-likeness (QED) is 0.705. The van der Waals surface area contributed by atoms with Crippen LogP contribution >= 0.6 is 27.7 Å². The molecular weight excluding hydrogens is 318 g/mol. The van der Waals surface area contributed by atoms with Gasteiger partial charge in [-0.3, -0.25) is 4.79 Å². The normalized spacial score (nSPS) is 10.6. The number of halogens is 1. The molecule has 0 radical (unpaired) electrons. The van der Waals surface area contributed by atoms with Crippen LogP contribution in [0.4, 0.5) is 5.69 Å². The first-order valence-corrected chi connectivity index (χ1v) is 7.83. The van der Waals surface area contributed by atoms with Crippen LogP contribution in [0.1, 0.15) is 13.3 Å². The van der Waals surface area contributed by atoms with E-state index in [1.165, 1.54) is 4.68 Å². The first-order chi connectivity index (χ1) is 8.70. The Bertz CT molecular complexity index is 425. The molecule has 0 aliphatic rings. The van der Waals surface area contributed by atoms with Crippen LogP contribution in [0.25, 0.3) is 0 Å². The van der Waals surface area contributed by atoms with E-state index in [0.717, 1.165) is 30.2 Å². The summed E-state index contributed by atoms with van der Waals surface area (Å²) in [6, 6.07) is 0. The van der Waals surface area contributed by atoms with Crippen molar-refractivity contribution < 1.29 is 5.11 Å². The van der Waals surface area contributed by atoms with Gasteiger partial charge in [-0.05, 0) is 35.0 Å². The van der Waals surface area contributed by atoms with Gasteiger partial charge < -0.3 is 10.4 Å². The maximum absolute atomic E-state index is 11.8. The van der Waals surface area contributed by atoms with Crippen LogP contribution in [0.5, 0.6) is 0 Å². The van der Waals surface area contributed by atoms with E-state index in [2.05, 4.69) is 26.3 Å². The highest BCUT2D eigenvalue weighted by Gasteiger charge is 2.06. The summed E-state index contributed by atoms with van der Waals surface area (Å²) in [4.78, 5) is 11.8. The van der Waals surface area contributed by atoms with Crippen LogP contribution < -0.4 is 10.9 Å². The lowest BCUT2D eigenvalue weighted by molar-refractivity contribution is 0.296. The maximum atomic E-state index is 11.8. The average molecular weight is 336 g/mol. The largest absolute Gasteiger partial charge is 0.396 e. The van der Waals surface area contributed by atoms with Gasteiger partial charge in [-0.25, -0.2) is 4.68 Å². The third kappa shape index (κ3) is 4.62. The summed E-state index contributed by atoms with van der Waals surface area (Å²) in [6.07, 6.45) is 2.48. The Morgan fingerprint density at radius 1 is 1.56 bits per heavy atom. The third-order valence-electron chi connectivity index (χ3n) is 2.29. The van der Waals surface area contributed by atoms with Crippen LogP contribution in [-0.2, 0) is 6.54 Å². The van der Waals surface area contributed by atoms with Crippen molar-refractivity contribution in [3.8, 4) is 0 Å².